The van der Waals surface area contributed by atoms with Crippen molar-refractivity contribution >= 4 is 39.0 Å². The lowest BCUT2D eigenvalue weighted by Crippen LogP contribution is -2.49. The molecule has 1 aliphatic heterocycles. The van der Waals surface area contributed by atoms with E-state index in [-0.39, 0.29) is 16.5 Å². The van der Waals surface area contributed by atoms with Gasteiger partial charge in [0.05, 0.1) is 16.7 Å². The van der Waals surface area contributed by atoms with Crippen LogP contribution in [0.1, 0.15) is 11.3 Å². The molecular formula is C24H23N5O3. The zero-order valence-electron chi connectivity index (χ0n) is 17.7. The number of benzene rings is 2. The maximum absolute atomic E-state index is 13.0. The van der Waals surface area contributed by atoms with Crippen LogP contribution in [-0.2, 0) is 11.2 Å². The van der Waals surface area contributed by atoms with Gasteiger partial charge in [-0.3, -0.25) is 19.9 Å². The second kappa shape index (κ2) is 7.96. The molecule has 32 heavy (non-hydrogen) atoms. The van der Waals surface area contributed by atoms with Crippen LogP contribution in [0.2, 0.25) is 0 Å². The van der Waals surface area contributed by atoms with Crippen LogP contribution in [0, 0.1) is 17.0 Å². The molecule has 0 unspecified atom stereocenters. The smallest absolute Gasteiger partial charge is 0.278 e. The van der Waals surface area contributed by atoms with E-state index in [0.29, 0.717) is 38.0 Å². The monoisotopic (exact) mass is 429 g/mol. The summed E-state index contributed by atoms with van der Waals surface area (Å²) in [5.41, 5.74) is 4.13. The standard InChI is InChI=1S/C24H23N5O3/c1-16-19(17-4-2-3-5-21(17)26-16)14-24(30)28-12-10-27(11-13-28)22-6-7-23(29(31)32)20-15-25-9-8-18(20)22/h2-9,15,26H,10-14H2,1H3. The summed E-state index contributed by atoms with van der Waals surface area (Å²) >= 11 is 0. The zero-order valence-corrected chi connectivity index (χ0v) is 17.7. The Morgan fingerprint density at radius 3 is 2.62 bits per heavy atom. The average Bonchev–Trinajstić information content (AvgIpc) is 3.13. The molecule has 0 aliphatic carbocycles. The Hall–Kier alpha value is -3.94. The Labute approximate surface area is 184 Å². The van der Waals surface area contributed by atoms with Crippen LogP contribution in [0.4, 0.5) is 11.4 Å². The number of nitrogens with zero attached hydrogens (tertiary/aromatic N) is 4. The number of hydrogen-bond acceptors (Lipinski definition) is 5. The van der Waals surface area contributed by atoms with E-state index in [2.05, 4.69) is 14.9 Å². The number of rotatable bonds is 4. The van der Waals surface area contributed by atoms with Crippen molar-refractivity contribution in [2.24, 2.45) is 0 Å². The highest BCUT2D eigenvalue weighted by Gasteiger charge is 2.25. The van der Waals surface area contributed by atoms with Crippen molar-refractivity contribution in [2.45, 2.75) is 13.3 Å². The summed E-state index contributed by atoms with van der Waals surface area (Å²) in [6.07, 6.45) is 3.57. The predicted octanol–water partition coefficient (Wildman–Crippen LogP) is 3.82. The van der Waals surface area contributed by atoms with Crippen LogP contribution in [0.3, 0.4) is 0 Å². The molecule has 0 atom stereocenters. The number of carbonyl (C=O) groups is 1. The quantitative estimate of drug-likeness (QED) is 0.393. The number of anilines is 1. The molecule has 0 bridgehead atoms. The summed E-state index contributed by atoms with van der Waals surface area (Å²) in [4.78, 5) is 35.6. The van der Waals surface area contributed by atoms with Gasteiger partial charge in [0.15, 0.2) is 0 Å². The Kier molecular flexibility index (Phi) is 4.97. The maximum Gasteiger partial charge on any atom is 0.278 e. The number of pyridine rings is 1. The molecule has 1 amide bonds. The third-order valence-electron chi connectivity index (χ3n) is 6.30. The van der Waals surface area contributed by atoms with Gasteiger partial charge in [-0.05, 0) is 30.7 Å². The van der Waals surface area contributed by atoms with Gasteiger partial charge in [0.25, 0.3) is 5.69 Å². The summed E-state index contributed by atoms with van der Waals surface area (Å²) in [7, 11) is 0. The molecule has 3 heterocycles. The summed E-state index contributed by atoms with van der Waals surface area (Å²) in [5, 5.41) is 13.8. The van der Waals surface area contributed by atoms with Gasteiger partial charge in [-0.15, -0.1) is 0 Å². The second-order valence-corrected chi connectivity index (χ2v) is 8.10. The van der Waals surface area contributed by atoms with E-state index in [1.807, 2.05) is 42.2 Å². The van der Waals surface area contributed by atoms with E-state index in [4.69, 9.17) is 0 Å². The number of amides is 1. The van der Waals surface area contributed by atoms with Gasteiger partial charge in [0.1, 0.15) is 0 Å². The number of nitro benzene ring substituents is 1. The van der Waals surface area contributed by atoms with E-state index in [0.717, 1.165) is 33.2 Å². The fraction of sp³-hybridized carbons (Fsp3) is 0.250. The minimum Gasteiger partial charge on any atom is -0.367 e. The van der Waals surface area contributed by atoms with Crippen LogP contribution < -0.4 is 4.90 Å². The normalized spacial score (nSPS) is 14.3. The second-order valence-electron chi connectivity index (χ2n) is 8.10. The van der Waals surface area contributed by atoms with Crippen LogP contribution >= 0.6 is 0 Å². The molecular weight excluding hydrogens is 406 g/mol. The van der Waals surface area contributed by atoms with Gasteiger partial charge < -0.3 is 14.8 Å². The van der Waals surface area contributed by atoms with Gasteiger partial charge in [-0.1, -0.05) is 18.2 Å². The summed E-state index contributed by atoms with van der Waals surface area (Å²) < 4.78 is 0. The molecule has 1 saturated heterocycles. The minimum absolute atomic E-state index is 0.0553. The molecule has 1 aliphatic rings. The largest absolute Gasteiger partial charge is 0.367 e. The number of aromatic amines is 1. The van der Waals surface area contributed by atoms with Gasteiger partial charge in [-0.25, -0.2) is 0 Å². The van der Waals surface area contributed by atoms with Crippen molar-refractivity contribution in [3.05, 3.63) is 76.2 Å². The Morgan fingerprint density at radius 1 is 1.06 bits per heavy atom. The average molecular weight is 429 g/mol. The number of nitrogens with one attached hydrogen (secondary N) is 1. The van der Waals surface area contributed by atoms with Crippen molar-refractivity contribution in [3.8, 4) is 0 Å². The lowest BCUT2D eigenvalue weighted by atomic mass is 10.1. The first kappa shape index (κ1) is 20.0. The third-order valence-corrected chi connectivity index (χ3v) is 6.30. The number of piperazine rings is 1. The first-order valence-corrected chi connectivity index (χ1v) is 10.6. The highest BCUT2D eigenvalue weighted by atomic mass is 16.6. The number of aromatic nitrogens is 2. The van der Waals surface area contributed by atoms with Crippen molar-refractivity contribution in [3.63, 3.8) is 0 Å². The number of nitro groups is 1. The molecule has 162 valence electrons. The van der Waals surface area contributed by atoms with E-state index in [1.165, 1.54) is 6.07 Å². The molecule has 4 aromatic rings. The molecule has 8 nitrogen and oxygen atoms in total. The highest BCUT2D eigenvalue weighted by molar-refractivity contribution is 5.99. The van der Waals surface area contributed by atoms with E-state index >= 15 is 0 Å². The number of carbonyl (C=O) groups excluding carboxylic acids is 1. The number of H-pyrrole nitrogens is 1. The van der Waals surface area contributed by atoms with Crippen LogP contribution in [0.25, 0.3) is 21.7 Å². The number of para-hydroxylation sites is 1. The Bertz CT molecular complexity index is 1340. The number of fused-ring (bicyclic) bond motifs is 2. The van der Waals surface area contributed by atoms with Gasteiger partial charge >= 0.3 is 0 Å². The van der Waals surface area contributed by atoms with Crippen molar-refractivity contribution in [1.29, 1.82) is 0 Å². The Balaban J connectivity index is 1.32. The molecule has 2 aromatic carbocycles. The number of non-ortho nitro benzene ring substituents is 1. The van der Waals surface area contributed by atoms with Gasteiger partial charge in [0, 0.05) is 72.3 Å². The first-order chi connectivity index (χ1) is 15.5. The maximum atomic E-state index is 13.0. The molecule has 1 fully saturated rings. The van der Waals surface area contributed by atoms with Crippen molar-refractivity contribution in [1.82, 2.24) is 14.9 Å². The van der Waals surface area contributed by atoms with Crippen LogP contribution in [0.15, 0.2) is 54.9 Å². The van der Waals surface area contributed by atoms with Gasteiger partial charge in [-0.2, -0.15) is 0 Å². The molecule has 0 spiro atoms. The highest BCUT2D eigenvalue weighted by Crippen LogP contribution is 2.33. The SMILES string of the molecule is Cc1[nH]c2ccccc2c1CC(=O)N1CCN(c2ccc([N+](=O)[O-])c3cnccc23)CC1. The van der Waals surface area contributed by atoms with E-state index in [1.54, 1.807) is 18.5 Å². The van der Waals surface area contributed by atoms with Crippen molar-refractivity contribution in [2.75, 3.05) is 31.1 Å². The van der Waals surface area contributed by atoms with Crippen LogP contribution in [-0.4, -0.2) is 51.9 Å². The minimum atomic E-state index is -0.378. The number of aryl methyl sites for hydroxylation is 1. The summed E-state index contributed by atoms with van der Waals surface area (Å²) in [6.45, 7) is 4.59. The van der Waals surface area contributed by atoms with Crippen LogP contribution in [0.5, 0.6) is 0 Å². The molecule has 0 radical (unpaired) electrons. The summed E-state index contributed by atoms with van der Waals surface area (Å²) in [6, 6.07) is 13.2. The lowest BCUT2D eigenvalue weighted by molar-refractivity contribution is -0.383. The van der Waals surface area contributed by atoms with Gasteiger partial charge in [0.2, 0.25) is 5.91 Å². The molecule has 2 aromatic heterocycles. The molecule has 8 heteroatoms. The fourth-order valence-electron chi connectivity index (χ4n) is 4.62. The summed E-state index contributed by atoms with van der Waals surface area (Å²) in [5.74, 6) is 0.121. The first-order valence-electron chi connectivity index (χ1n) is 10.6. The molecule has 5 rings (SSSR count). The topological polar surface area (TPSA) is 95.4 Å². The number of hydrogen-bond donors (Lipinski definition) is 1. The zero-order chi connectivity index (χ0) is 22.2. The van der Waals surface area contributed by atoms with E-state index < -0.39 is 0 Å². The molecule has 1 N–H and O–H groups in total. The third kappa shape index (κ3) is 3.43. The lowest BCUT2D eigenvalue weighted by Gasteiger charge is -2.36. The van der Waals surface area contributed by atoms with Crippen molar-refractivity contribution < 1.29 is 9.72 Å². The predicted molar refractivity (Wildman–Crippen MR) is 124 cm³/mol. The van der Waals surface area contributed by atoms with E-state index in [9.17, 15) is 14.9 Å². The fourth-order valence-corrected chi connectivity index (χ4v) is 4.62. The Morgan fingerprint density at radius 2 is 1.84 bits per heavy atom. The molecule has 0 saturated carbocycles.